The number of nitrogens with zero attached hydrogens (tertiary/aromatic N) is 2. The largest absolute Gasteiger partial charge is 0.487 e. The van der Waals surface area contributed by atoms with Crippen LogP contribution in [0.1, 0.15) is 44.1 Å². The first-order valence-corrected chi connectivity index (χ1v) is 7.23. The SMILES string of the molecule is CCCCOc1c2n(ccc1=O)CCN(C(C)C)C2=O. The zero-order chi connectivity index (χ0) is 14.7. The van der Waals surface area contributed by atoms with Gasteiger partial charge in [0, 0.05) is 31.4 Å². The first-order chi connectivity index (χ1) is 9.56. The zero-order valence-electron chi connectivity index (χ0n) is 12.4. The van der Waals surface area contributed by atoms with Gasteiger partial charge in [-0.1, -0.05) is 13.3 Å². The normalized spacial score (nSPS) is 14.6. The number of amides is 1. The highest BCUT2D eigenvalue weighted by Crippen LogP contribution is 2.21. The van der Waals surface area contributed by atoms with E-state index in [0.29, 0.717) is 25.4 Å². The van der Waals surface area contributed by atoms with E-state index in [0.717, 1.165) is 12.8 Å². The molecule has 2 rings (SSSR count). The lowest BCUT2D eigenvalue weighted by Gasteiger charge is -2.33. The van der Waals surface area contributed by atoms with Crippen LogP contribution in [0.15, 0.2) is 17.1 Å². The number of unbranched alkanes of at least 4 members (excludes halogenated alkanes) is 1. The van der Waals surface area contributed by atoms with Gasteiger partial charge in [0.15, 0.2) is 11.4 Å². The van der Waals surface area contributed by atoms with Gasteiger partial charge in [0.1, 0.15) is 0 Å². The summed E-state index contributed by atoms with van der Waals surface area (Å²) in [6, 6.07) is 1.60. The molecule has 1 aromatic heterocycles. The summed E-state index contributed by atoms with van der Waals surface area (Å²) in [5.41, 5.74) is 0.180. The Kier molecular flexibility index (Phi) is 4.47. The van der Waals surface area contributed by atoms with Crippen molar-refractivity contribution < 1.29 is 9.53 Å². The van der Waals surface area contributed by atoms with Crippen LogP contribution in [0, 0.1) is 0 Å². The molecule has 0 radical (unpaired) electrons. The zero-order valence-corrected chi connectivity index (χ0v) is 12.4. The van der Waals surface area contributed by atoms with Crippen LogP contribution in [0.5, 0.6) is 5.75 Å². The van der Waals surface area contributed by atoms with Gasteiger partial charge in [-0.3, -0.25) is 9.59 Å². The molecule has 0 saturated heterocycles. The van der Waals surface area contributed by atoms with E-state index in [9.17, 15) is 9.59 Å². The molecule has 1 amide bonds. The Bertz CT molecular complexity index is 549. The quantitative estimate of drug-likeness (QED) is 0.773. The number of fused-ring (bicyclic) bond motifs is 1. The minimum atomic E-state index is -0.216. The highest BCUT2D eigenvalue weighted by Gasteiger charge is 2.30. The maximum absolute atomic E-state index is 12.6. The first-order valence-electron chi connectivity index (χ1n) is 7.23. The van der Waals surface area contributed by atoms with E-state index in [1.54, 1.807) is 11.1 Å². The Morgan fingerprint density at radius 2 is 2.05 bits per heavy atom. The van der Waals surface area contributed by atoms with Crippen LogP contribution in [0.2, 0.25) is 0 Å². The molecule has 2 heterocycles. The fraction of sp³-hybridized carbons (Fsp3) is 0.600. The number of hydrogen-bond acceptors (Lipinski definition) is 3. The molecule has 5 heteroatoms. The number of rotatable bonds is 5. The Morgan fingerprint density at radius 1 is 1.30 bits per heavy atom. The predicted molar refractivity (Wildman–Crippen MR) is 77.3 cm³/mol. The summed E-state index contributed by atoms with van der Waals surface area (Å²) in [5, 5.41) is 0. The lowest BCUT2D eigenvalue weighted by Crippen LogP contribution is -2.45. The fourth-order valence-electron chi connectivity index (χ4n) is 2.37. The standard InChI is InChI=1S/C15H22N2O3/c1-4-5-10-20-14-12(18)6-7-16-8-9-17(11(2)3)15(19)13(14)16/h6-7,11H,4-5,8-10H2,1-3H3. The molecule has 0 aliphatic carbocycles. The minimum absolute atomic E-state index is 0.115. The van der Waals surface area contributed by atoms with Crippen molar-refractivity contribution in [3.63, 3.8) is 0 Å². The molecule has 0 spiro atoms. The van der Waals surface area contributed by atoms with Crippen LogP contribution in [-0.2, 0) is 6.54 Å². The molecule has 0 saturated carbocycles. The van der Waals surface area contributed by atoms with Crippen molar-refractivity contribution >= 4 is 5.91 Å². The van der Waals surface area contributed by atoms with Gasteiger partial charge in [-0.05, 0) is 20.3 Å². The topological polar surface area (TPSA) is 51.5 Å². The Morgan fingerprint density at radius 3 is 2.70 bits per heavy atom. The molecule has 0 atom stereocenters. The average Bonchev–Trinajstić information content (AvgIpc) is 2.41. The lowest BCUT2D eigenvalue weighted by atomic mass is 10.2. The van der Waals surface area contributed by atoms with Gasteiger partial charge >= 0.3 is 0 Å². The van der Waals surface area contributed by atoms with Crippen LogP contribution < -0.4 is 10.2 Å². The van der Waals surface area contributed by atoms with E-state index in [-0.39, 0.29) is 23.1 Å². The van der Waals surface area contributed by atoms with Crippen LogP contribution >= 0.6 is 0 Å². The van der Waals surface area contributed by atoms with Crippen LogP contribution in [0.3, 0.4) is 0 Å². The van der Waals surface area contributed by atoms with E-state index < -0.39 is 0 Å². The fourth-order valence-corrected chi connectivity index (χ4v) is 2.37. The van der Waals surface area contributed by atoms with Crippen LogP contribution in [0.4, 0.5) is 0 Å². The van der Waals surface area contributed by atoms with Gasteiger partial charge in [-0.15, -0.1) is 0 Å². The van der Waals surface area contributed by atoms with E-state index >= 15 is 0 Å². The van der Waals surface area contributed by atoms with Crippen molar-refractivity contribution in [3.8, 4) is 5.75 Å². The number of carbonyl (C=O) groups excluding carboxylic acids is 1. The second-order valence-electron chi connectivity index (χ2n) is 5.35. The van der Waals surface area contributed by atoms with Gasteiger partial charge in [0.05, 0.1) is 6.61 Å². The van der Waals surface area contributed by atoms with Gasteiger partial charge < -0.3 is 14.2 Å². The van der Waals surface area contributed by atoms with E-state index in [1.165, 1.54) is 6.07 Å². The monoisotopic (exact) mass is 278 g/mol. The maximum Gasteiger partial charge on any atom is 0.274 e. The molecule has 0 unspecified atom stereocenters. The van der Waals surface area contributed by atoms with Gasteiger partial charge in [0.2, 0.25) is 5.43 Å². The van der Waals surface area contributed by atoms with Crippen molar-refractivity contribution in [3.05, 3.63) is 28.2 Å². The highest BCUT2D eigenvalue weighted by atomic mass is 16.5. The Labute approximate surface area is 119 Å². The molecular weight excluding hydrogens is 256 g/mol. The third-order valence-corrected chi connectivity index (χ3v) is 3.54. The van der Waals surface area contributed by atoms with E-state index in [2.05, 4.69) is 6.92 Å². The summed E-state index contributed by atoms with van der Waals surface area (Å²) in [7, 11) is 0. The second-order valence-corrected chi connectivity index (χ2v) is 5.35. The summed E-state index contributed by atoms with van der Waals surface area (Å²) in [5.74, 6) is 0.0896. The average molecular weight is 278 g/mol. The number of pyridine rings is 1. The molecule has 0 N–H and O–H groups in total. The van der Waals surface area contributed by atoms with E-state index in [1.807, 2.05) is 18.4 Å². The van der Waals surface area contributed by atoms with Crippen molar-refractivity contribution in [2.24, 2.45) is 0 Å². The maximum atomic E-state index is 12.6. The summed E-state index contributed by atoms with van der Waals surface area (Å²) in [6.07, 6.45) is 3.54. The minimum Gasteiger partial charge on any atom is -0.487 e. The van der Waals surface area contributed by atoms with Crippen LogP contribution in [0.25, 0.3) is 0 Å². The molecule has 0 bridgehead atoms. The number of hydrogen-bond donors (Lipinski definition) is 0. The summed E-state index contributed by atoms with van der Waals surface area (Å²) < 4.78 is 7.42. The molecule has 5 nitrogen and oxygen atoms in total. The smallest absolute Gasteiger partial charge is 0.274 e. The summed E-state index contributed by atoms with van der Waals surface area (Å²) in [4.78, 5) is 26.3. The molecule has 1 aliphatic heterocycles. The van der Waals surface area contributed by atoms with Crippen molar-refractivity contribution in [2.45, 2.75) is 46.2 Å². The summed E-state index contributed by atoms with van der Waals surface area (Å²) in [6.45, 7) is 7.85. The van der Waals surface area contributed by atoms with E-state index in [4.69, 9.17) is 4.74 Å². The number of ether oxygens (including phenoxy) is 1. The van der Waals surface area contributed by atoms with Gasteiger partial charge in [0.25, 0.3) is 5.91 Å². The Hall–Kier alpha value is -1.78. The molecule has 110 valence electrons. The highest BCUT2D eigenvalue weighted by molar-refractivity contribution is 5.96. The lowest BCUT2D eigenvalue weighted by molar-refractivity contribution is 0.0639. The third-order valence-electron chi connectivity index (χ3n) is 3.54. The summed E-state index contributed by atoms with van der Waals surface area (Å²) >= 11 is 0. The molecular formula is C15H22N2O3. The predicted octanol–water partition coefficient (Wildman–Crippen LogP) is 1.89. The van der Waals surface area contributed by atoms with Crippen molar-refractivity contribution in [1.82, 2.24) is 9.47 Å². The molecule has 0 fully saturated rings. The second kappa shape index (κ2) is 6.11. The number of carbonyl (C=O) groups is 1. The third kappa shape index (κ3) is 2.71. The molecule has 1 aromatic rings. The molecule has 20 heavy (non-hydrogen) atoms. The molecule has 0 aromatic carbocycles. The van der Waals surface area contributed by atoms with Crippen molar-refractivity contribution in [1.29, 1.82) is 0 Å². The first kappa shape index (κ1) is 14.6. The van der Waals surface area contributed by atoms with Gasteiger partial charge in [-0.25, -0.2) is 0 Å². The molecule has 1 aliphatic rings. The Balaban J connectivity index is 2.38. The van der Waals surface area contributed by atoms with Crippen LogP contribution in [-0.4, -0.2) is 34.6 Å². The number of aromatic nitrogens is 1. The van der Waals surface area contributed by atoms with Crippen molar-refractivity contribution in [2.75, 3.05) is 13.2 Å². The van der Waals surface area contributed by atoms with Gasteiger partial charge in [-0.2, -0.15) is 0 Å².